The Morgan fingerprint density at radius 3 is 2.00 bits per heavy atom. The van der Waals surface area contributed by atoms with Crippen LogP contribution in [0.25, 0.3) is 0 Å². The van der Waals surface area contributed by atoms with Gasteiger partial charge in [0.1, 0.15) is 0 Å². The lowest BCUT2D eigenvalue weighted by Gasteiger charge is -2.60. The predicted molar refractivity (Wildman–Crippen MR) is 85.4 cm³/mol. The lowest BCUT2D eigenvalue weighted by molar-refractivity contribution is -0.680. The Bertz CT molecular complexity index is 498. The Morgan fingerprint density at radius 1 is 0.920 bits per heavy atom. The summed E-state index contributed by atoms with van der Waals surface area (Å²) < 4.78 is 5.13. The molecule has 5 aliphatic carbocycles. The van der Waals surface area contributed by atoms with E-state index in [1.165, 1.54) is 6.42 Å². The summed E-state index contributed by atoms with van der Waals surface area (Å²) in [6.45, 7) is 2.26. The minimum Gasteiger partial charge on any atom is -0.466 e. The molecule has 0 unspecified atom stereocenters. The molecular formula is C19H28O6. The highest BCUT2D eigenvalue weighted by molar-refractivity contribution is 5.72. The lowest BCUT2D eigenvalue weighted by atomic mass is 9.53. The third-order valence-corrected chi connectivity index (χ3v) is 7.29. The number of esters is 1. The van der Waals surface area contributed by atoms with E-state index in [1.807, 2.05) is 6.92 Å². The van der Waals surface area contributed by atoms with Crippen LogP contribution >= 0.6 is 0 Å². The normalized spacial score (nSPS) is 51.2. The average molecular weight is 352 g/mol. The first-order chi connectivity index (χ1) is 12.1. The minimum absolute atomic E-state index is 0.0742. The Hall–Kier alpha value is -0.690. The van der Waals surface area contributed by atoms with Crippen LogP contribution in [-0.4, -0.2) is 24.2 Å². The maximum Gasteiger partial charge on any atom is 0.308 e. The number of hydrogen-bond acceptors (Lipinski definition) is 6. The molecule has 6 nitrogen and oxygen atoms in total. The molecule has 6 heteroatoms. The molecule has 6 rings (SSSR count). The van der Waals surface area contributed by atoms with Gasteiger partial charge in [-0.2, -0.15) is 19.6 Å². The van der Waals surface area contributed by atoms with Crippen LogP contribution in [0.1, 0.15) is 64.7 Å². The van der Waals surface area contributed by atoms with Gasteiger partial charge in [-0.3, -0.25) is 4.79 Å². The van der Waals surface area contributed by atoms with E-state index >= 15 is 0 Å². The van der Waals surface area contributed by atoms with Gasteiger partial charge >= 0.3 is 5.97 Å². The second-order valence-corrected chi connectivity index (χ2v) is 8.80. The molecule has 0 aromatic rings. The van der Waals surface area contributed by atoms with E-state index in [1.54, 1.807) is 0 Å². The smallest absolute Gasteiger partial charge is 0.308 e. The zero-order chi connectivity index (χ0) is 17.1. The zero-order valence-corrected chi connectivity index (χ0v) is 14.9. The maximum atomic E-state index is 11.9. The van der Waals surface area contributed by atoms with E-state index in [0.29, 0.717) is 44.1 Å². The summed E-state index contributed by atoms with van der Waals surface area (Å²) in [7, 11) is 0. The van der Waals surface area contributed by atoms with Gasteiger partial charge in [0, 0.05) is 24.7 Å². The van der Waals surface area contributed by atoms with Gasteiger partial charge in [0.25, 0.3) is 0 Å². The Morgan fingerprint density at radius 2 is 1.48 bits per heavy atom. The summed E-state index contributed by atoms with van der Waals surface area (Å²) in [5.74, 6) is 0.684. The van der Waals surface area contributed by atoms with Crippen molar-refractivity contribution in [1.82, 2.24) is 0 Å². The van der Waals surface area contributed by atoms with Gasteiger partial charge < -0.3 is 4.74 Å². The summed E-state index contributed by atoms with van der Waals surface area (Å²) in [6.07, 6.45) is 8.57. The van der Waals surface area contributed by atoms with Gasteiger partial charge in [-0.1, -0.05) is 0 Å². The van der Waals surface area contributed by atoms with E-state index in [-0.39, 0.29) is 11.9 Å². The first kappa shape index (κ1) is 16.5. The summed E-state index contributed by atoms with van der Waals surface area (Å²) in [5, 5.41) is 0. The second-order valence-electron chi connectivity index (χ2n) is 8.80. The first-order valence-corrected chi connectivity index (χ1v) is 10.0. The van der Waals surface area contributed by atoms with Crippen LogP contribution in [-0.2, 0) is 29.1 Å². The van der Waals surface area contributed by atoms with Gasteiger partial charge in [-0.05, 0) is 63.7 Å². The SMILES string of the molecule is CCOC(=O)C1CCC2(CC1)OOC1(OO2)C2CC3CC(C2)CC1C3. The summed E-state index contributed by atoms with van der Waals surface area (Å²) in [5.41, 5.74) is 0. The van der Waals surface area contributed by atoms with Crippen LogP contribution in [0.3, 0.4) is 0 Å². The number of ether oxygens (including phenoxy) is 1. The lowest BCUT2D eigenvalue weighted by Crippen LogP contribution is -2.64. The quantitative estimate of drug-likeness (QED) is 0.560. The fourth-order valence-corrected chi connectivity index (χ4v) is 6.14. The van der Waals surface area contributed by atoms with Crippen molar-refractivity contribution < 1.29 is 29.1 Å². The van der Waals surface area contributed by atoms with Crippen molar-refractivity contribution in [3.05, 3.63) is 0 Å². The van der Waals surface area contributed by atoms with Crippen LogP contribution in [0.5, 0.6) is 0 Å². The number of carbonyl (C=O) groups is 1. The molecule has 1 aliphatic heterocycles. The third-order valence-electron chi connectivity index (χ3n) is 7.29. The number of carbonyl (C=O) groups excluding carboxylic acids is 1. The molecule has 5 saturated carbocycles. The van der Waals surface area contributed by atoms with Gasteiger partial charge in [-0.25, -0.2) is 0 Å². The molecule has 2 spiro atoms. The molecule has 4 bridgehead atoms. The molecule has 0 atom stereocenters. The van der Waals surface area contributed by atoms with Gasteiger partial charge in [0.2, 0.25) is 11.6 Å². The van der Waals surface area contributed by atoms with Crippen molar-refractivity contribution in [2.24, 2.45) is 29.6 Å². The van der Waals surface area contributed by atoms with Crippen LogP contribution in [0.2, 0.25) is 0 Å². The molecule has 1 heterocycles. The van der Waals surface area contributed by atoms with Crippen molar-refractivity contribution in [3.63, 3.8) is 0 Å². The highest BCUT2D eigenvalue weighted by Crippen LogP contribution is 2.61. The van der Waals surface area contributed by atoms with Crippen molar-refractivity contribution in [1.29, 1.82) is 0 Å². The molecule has 140 valence electrons. The molecule has 1 saturated heterocycles. The van der Waals surface area contributed by atoms with E-state index in [2.05, 4.69) is 0 Å². The number of rotatable bonds is 2. The molecule has 0 aromatic heterocycles. The fraction of sp³-hybridized carbons (Fsp3) is 0.947. The zero-order valence-electron chi connectivity index (χ0n) is 14.9. The topological polar surface area (TPSA) is 63.2 Å². The summed E-state index contributed by atoms with van der Waals surface area (Å²) in [6, 6.07) is 0. The van der Waals surface area contributed by atoms with Gasteiger partial charge in [0.05, 0.1) is 12.5 Å². The monoisotopic (exact) mass is 352 g/mol. The summed E-state index contributed by atoms with van der Waals surface area (Å²) >= 11 is 0. The van der Waals surface area contributed by atoms with Crippen molar-refractivity contribution in [2.45, 2.75) is 76.3 Å². The van der Waals surface area contributed by atoms with Crippen LogP contribution in [0.15, 0.2) is 0 Å². The first-order valence-electron chi connectivity index (χ1n) is 10.0. The highest BCUT2D eigenvalue weighted by atomic mass is 17.4. The molecule has 0 radical (unpaired) electrons. The Labute approximate surface area is 148 Å². The average Bonchev–Trinajstić information content (AvgIpc) is 2.62. The minimum atomic E-state index is -0.858. The highest BCUT2D eigenvalue weighted by Gasteiger charge is 2.64. The maximum absolute atomic E-state index is 11.9. The molecule has 25 heavy (non-hydrogen) atoms. The van der Waals surface area contributed by atoms with Crippen LogP contribution in [0, 0.1) is 29.6 Å². The van der Waals surface area contributed by atoms with Crippen molar-refractivity contribution >= 4 is 5.97 Å². The standard InChI is InChI=1S/C19H28O6/c1-2-21-17(20)14-3-5-18(6-4-14)22-24-19(25-23-18)15-8-12-7-13(10-15)11-16(19)9-12/h12-16H,2-11H2,1H3. The molecular weight excluding hydrogens is 324 g/mol. The van der Waals surface area contributed by atoms with Gasteiger partial charge in [0.15, 0.2) is 0 Å². The largest absolute Gasteiger partial charge is 0.466 e. The molecule has 6 aliphatic rings. The Kier molecular flexibility index (Phi) is 3.90. The van der Waals surface area contributed by atoms with E-state index in [9.17, 15) is 4.79 Å². The Balaban J connectivity index is 1.23. The third kappa shape index (κ3) is 2.56. The second kappa shape index (κ2) is 5.91. The van der Waals surface area contributed by atoms with Crippen LogP contribution < -0.4 is 0 Å². The fourth-order valence-electron chi connectivity index (χ4n) is 6.14. The summed E-state index contributed by atoms with van der Waals surface area (Å²) in [4.78, 5) is 35.7. The van der Waals surface area contributed by atoms with E-state index in [0.717, 1.165) is 37.5 Å². The molecule has 6 fully saturated rings. The van der Waals surface area contributed by atoms with Gasteiger partial charge in [-0.15, -0.1) is 0 Å². The van der Waals surface area contributed by atoms with E-state index < -0.39 is 11.6 Å². The van der Waals surface area contributed by atoms with Crippen LogP contribution in [0.4, 0.5) is 0 Å². The van der Waals surface area contributed by atoms with E-state index in [4.69, 9.17) is 24.3 Å². The molecule has 0 amide bonds. The van der Waals surface area contributed by atoms with Crippen molar-refractivity contribution in [2.75, 3.05) is 6.61 Å². The molecule has 0 N–H and O–H groups in total. The predicted octanol–water partition coefficient (Wildman–Crippen LogP) is 3.50. The van der Waals surface area contributed by atoms with Crippen molar-refractivity contribution in [3.8, 4) is 0 Å². The molecule has 0 aromatic carbocycles. The number of hydrogen-bond donors (Lipinski definition) is 0.